The number of halogens is 1. The van der Waals surface area contributed by atoms with Crippen molar-refractivity contribution in [2.75, 3.05) is 18.1 Å². The van der Waals surface area contributed by atoms with E-state index in [4.69, 9.17) is 11.6 Å². The minimum absolute atomic E-state index is 0.503. The molecule has 1 aliphatic rings. The highest BCUT2D eigenvalue weighted by Crippen LogP contribution is 2.27. The zero-order valence-corrected chi connectivity index (χ0v) is 10.7. The van der Waals surface area contributed by atoms with E-state index in [2.05, 4.69) is 5.32 Å². The van der Waals surface area contributed by atoms with Gasteiger partial charge < -0.3 is 10.4 Å². The summed E-state index contributed by atoms with van der Waals surface area (Å²) in [4.78, 5) is 0. The quantitative estimate of drug-likeness (QED) is 0.868. The first kappa shape index (κ1) is 12.2. The number of hydrogen-bond donors (Lipinski definition) is 2. The van der Waals surface area contributed by atoms with E-state index in [1.54, 1.807) is 0 Å². The second kappa shape index (κ2) is 5.41. The summed E-state index contributed by atoms with van der Waals surface area (Å²) in [7, 11) is 0. The lowest BCUT2D eigenvalue weighted by molar-refractivity contribution is 0.0675. The highest BCUT2D eigenvalue weighted by atomic mass is 35.5. The molecule has 2 nitrogen and oxygen atoms in total. The standard InChI is InChI=1S/C12H16ClNOS/c13-11-3-1-10(2-4-11)7-14-8-12(15)5-6-16-9-12/h1-4,14-15H,5-9H2. The fourth-order valence-corrected chi connectivity index (χ4v) is 3.20. The van der Waals surface area contributed by atoms with Crippen LogP contribution >= 0.6 is 23.4 Å². The van der Waals surface area contributed by atoms with E-state index < -0.39 is 5.60 Å². The average molecular weight is 258 g/mol. The smallest absolute Gasteiger partial charge is 0.0869 e. The van der Waals surface area contributed by atoms with Crippen molar-refractivity contribution in [1.82, 2.24) is 5.32 Å². The van der Waals surface area contributed by atoms with Gasteiger partial charge in [-0.2, -0.15) is 11.8 Å². The molecule has 16 heavy (non-hydrogen) atoms. The Morgan fingerprint density at radius 2 is 2.12 bits per heavy atom. The van der Waals surface area contributed by atoms with Crippen molar-refractivity contribution in [3.05, 3.63) is 34.9 Å². The molecule has 1 saturated heterocycles. The van der Waals surface area contributed by atoms with Crippen LogP contribution in [0.15, 0.2) is 24.3 Å². The molecule has 0 aromatic heterocycles. The third-order valence-electron chi connectivity index (χ3n) is 2.78. The molecular weight excluding hydrogens is 242 g/mol. The van der Waals surface area contributed by atoms with Gasteiger partial charge >= 0.3 is 0 Å². The van der Waals surface area contributed by atoms with Crippen LogP contribution in [0.3, 0.4) is 0 Å². The van der Waals surface area contributed by atoms with Gasteiger partial charge in [0.15, 0.2) is 0 Å². The van der Waals surface area contributed by atoms with E-state index in [0.717, 1.165) is 29.5 Å². The van der Waals surface area contributed by atoms with Crippen LogP contribution in [0.4, 0.5) is 0 Å². The van der Waals surface area contributed by atoms with Crippen molar-refractivity contribution in [3.63, 3.8) is 0 Å². The summed E-state index contributed by atoms with van der Waals surface area (Å²) in [6.07, 6.45) is 0.894. The molecule has 88 valence electrons. The van der Waals surface area contributed by atoms with Crippen LogP contribution in [0.1, 0.15) is 12.0 Å². The molecule has 0 amide bonds. The monoisotopic (exact) mass is 257 g/mol. The molecule has 2 N–H and O–H groups in total. The van der Waals surface area contributed by atoms with Gasteiger partial charge in [-0.1, -0.05) is 23.7 Å². The zero-order valence-electron chi connectivity index (χ0n) is 9.08. The Bertz CT molecular complexity index is 335. The fraction of sp³-hybridized carbons (Fsp3) is 0.500. The first-order valence-electron chi connectivity index (χ1n) is 5.43. The van der Waals surface area contributed by atoms with Crippen LogP contribution in [0.5, 0.6) is 0 Å². The third kappa shape index (κ3) is 3.39. The number of hydrogen-bond acceptors (Lipinski definition) is 3. The Kier molecular flexibility index (Phi) is 4.14. The second-order valence-corrected chi connectivity index (χ2v) is 5.80. The topological polar surface area (TPSA) is 32.3 Å². The molecule has 1 unspecified atom stereocenters. The van der Waals surface area contributed by atoms with Crippen molar-refractivity contribution in [3.8, 4) is 0 Å². The van der Waals surface area contributed by atoms with Crippen molar-refractivity contribution < 1.29 is 5.11 Å². The van der Waals surface area contributed by atoms with Crippen molar-refractivity contribution in [1.29, 1.82) is 0 Å². The number of rotatable bonds is 4. The Balaban J connectivity index is 1.77. The lowest BCUT2D eigenvalue weighted by Crippen LogP contribution is -2.40. The Labute approximate surface area is 105 Å². The first-order chi connectivity index (χ1) is 7.68. The predicted molar refractivity (Wildman–Crippen MR) is 70.1 cm³/mol. The highest BCUT2D eigenvalue weighted by Gasteiger charge is 2.30. The summed E-state index contributed by atoms with van der Waals surface area (Å²) < 4.78 is 0. The number of thioether (sulfide) groups is 1. The molecule has 1 aromatic carbocycles. The molecule has 1 atom stereocenters. The third-order valence-corrected chi connectivity index (χ3v) is 4.27. The molecule has 4 heteroatoms. The molecule has 0 aliphatic carbocycles. The second-order valence-electron chi connectivity index (χ2n) is 4.26. The number of aliphatic hydroxyl groups is 1. The van der Waals surface area contributed by atoms with E-state index in [-0.39, 0.29) is 0 Å². The van der Waals surface area contributed by atoms with Crippen LogP contribution in [0.2, 0.25) is 5.02 Å². The van der Waals surface area contributed by atoms with Crippen LogP contribution < -0.4 is 5.32 Å². The minimum Gasteiger partial charge on any atom is -0.388 e. The summed E-state index contributed by atoms with van der Waals surface area (Å²) in [5.74, 6) is 1.92. The molecule has 1 fully saturated rings. The lowest BCUT2D eigenvalue weighted by atomic mass is 10.0. The Hall–Kier alpha value is -0.220. The molecule has 1 aromatic rings. The van der Waals surface area contributed by atoms with E-state index in [1.807, 2.05) is 36.0 Å². The molecule has 2 rings (SSSR count). The maximum atomic E-state index is 10.1. The summed E-state index contributed by atoms with van der Waals surface area (Å²) >= 11 is 7.63. The highest BCUT2D eigenvalue weighted by molar-refractivity contribution is 7.99. The summed E-state index contributed by atoms with van der Waals surface area (Å²) in [5.41, 5.74) is 0.690. The van der Waals surface area contributed by atoms with Gasteiger partial charge in [0.25, 0.3) is 0 Å². The number of benzene rings is 1. The van der Waals surface area contributed by atoms with E-state index in [0.29, 0.717) is 6.54 Å². The van der Waals surface area contributed by atoms with E-state index in [1.165, 1.54) is 5.56 Å². The van der Waals surface area contributed by atoms with Gasteiger partial charge in [0.2, 0.25) is 0 Å². The van der Waals surface area contributed by atoms with Gasteiger partial charge in [-0.3, -0.25) is 0 Å². The maximum absolute atomic E-state index is 10.1. The summed E-state index contributed by atoms with van der Waals surface area (Å²) in [5, 5.41) is 14.2. The SMILES string of the molecule is OC1(CNCc2ccc(Cl)cc2)CCSC1. The lowest BCUT2D eigenvalue weighted by Gasteiger charge is -2.21. The predicted octanol–water partition coefficient (Wildman–Crippen LogP) is 2.30. The molecular formula is C12H16ClNOS. The van der Waals surface area contributed by atoms with Crippen LogP contribution in [0.25, 0.3) is 0 Å². The zero-order chi connectivity index (χ0) is 11.4. The van der Waals surface area contributed by atoms with Gasteiger partial charge in [0.1, 0.15) is 0 Å². The van der Waals surface area contributed by atoms with Gasteiger partial charge in [0.05, 0.1) is 5.60 Å². The molecule has 0 spiro atoms. The summed E-state index contributed by atoms with van der Waals surface area (Å²) in [6, 6.07) is 7.78. The number of nitrogens with one attached hydrogen (secondary N) is 1. The van der Waals surface area contributed by atoms with E-state index >= 15 is 0 Å². The van der Waals surface area contributed by atoms with E-state index in [9.17, 15) is 5.11 Å². The maximum Gasteiger partial charge on any atom is 0.0869 e. The van der Waals surface area contributed by atoms with Gasteiger partial charge in [0, 0.05) is 23.9 Å². The summed E-state index contributed by atoms with van der Waals surface area (Å²) in [6.45, 7) is 1.45. The van der Waals surface area contributed by atoms with Crippen LogP contribution in [-0.4, -0.2) is 28.8 Å². The average Bonchev–Trinajstić information content (AvgIpc) is 2.69. The Morgan fingerprint density at radius 1 is 1.38 bits per heavy atom. The van der Waals surface area contributed by atoms with Crippen molar-refractivity contribution >= 4 is 23.4 Å². The first-order valence-corrected chi connectivity index (χ1v) is 6.97. The van der Waals surface area contributed by atoms with Crippen molar-refractivity contribution in [2.24, 2.45) is 0 Å². The fourth-order valence-electron chi connectivity index (χ4n) is 1.78. The molecule has 0 saturated carbocycles. The molecule has 1 aliphatic heterocycles. The van der Waals surface area contributed by atoms with Crippen LogP contribution in [0, 0.1) is 0 Å². The molecule has 0 radical (unpaired) electrons. The Morgan fingerprint density at radius 3 is 2.75 bits per heavy atom. The van der Waals surface area contributed by atoms with Crippen molar-refractivity contribution in [2.45, 2.75) is 18.6 Å². The van der Waals surface area contributed by atoms with Gasteiger partial charge in [-0.05, 0) is 29.9 Å². The minimum atomic E-state index is -0.503. The molecule has 0 bridgehead atoms. The van der Waals surface area contributed by atoms with Gasteiger partial charge in [-0.15, -0.1) is 0 Å². The van der Waals surface area contributed by atoms with Gasteiger partial charge in [-0.25, -0.2) is 0 Å². The van der Waals surface area contributed by atoms with Crippen LogP contribution in [-0.2, 0) is 6.54 Å². The largest absolute Gasteiger partial charge is 0.388 e. The normalized spacial score (nSPS) is 24.9. The molecule has 1 heterocycles.